The maximum atomic E-state index is 14.9. The SMILES string of the molecule is Cc1cc([C@H](C)n2cc(-c3cc(NC(=O)C4CC(O)CN4C(=O)Cc4ccccc4F)ccc3F)nn2)ccc1Br. The van der Waals surface area contributed by atoms with Crippen molar-refractivity contribution in [3.63, 3.8) is 0 Å². The van der Waals surface area contributed by atoms with Crippen molar-refractivity contribution < 1.29 is 23.5 Å². The molecule has 3 atom stereocenters. The molecular weight excluding hydrogens is 596 g/mol. The molecule has 1 aliphatic heterocycles. The molecule has 11 heteroatoms. The van der Waals surface area contributed by atoms with E-state index in [9.17, 15) is 23.5 Å². The molecule has 3 aromatic carbocycles. The smallest absolute Gasteiger partial charge is 0.247 e. The number of rotatable bonds is 7. The Morgan fingerprint density at radius 2 is 1.90 bits per heavy atom. The van der Waals surface area contributed by atoms with Crippen LogP contribution in [0.3, 0.4) is 0 Å². The number of nitrogens with one attached hydrogen (secondary N) is 1. The van der Waals surface area contributed by atoms with Gasteiger partial charge < -0.3 is 15.3 Å². The molecule has 1 saturated heterocycles. The Morgan fingerprint density at radius 1 is 1.12 bits per heavy atom. The average Bonchev–Trinajstić information content (AvgIpc) is 3.59. The second-order valence-electron chi connectivity index (χ2n) is 10.2. The zero-order chi connectivity index (χ0) is 29.3. The minimum atomic E-state index is -0.964. The molecular formula is C30H28BrF2N5O3. The second-order valence-corrected chi connectivity index (χ2v) is 11.0. The van der Waals surface area contributed by atoms with Gasteiger partial charge in [-0.15, -0.1) is 5.10 Å². The molecule has 0 saturated carbocycles. The summed E-state index contributed by atoms with van der Waals surface area (Å²) in [6.45, 7) is 3.91. The quantitative estimate of drug-likeness (QED) is 0.300. The van der Waals surface area contributed by atoms with Crippen LogP contribution in [-0.2, 0) is 16.0 Å². The highest BCUT2D eigenvalue weighted by Gasteiger charge is 2.39. The van der Waals surface area contributed by atoms with Crippen LogP contribution in [-0.4, -0.2) is 55.5 Å². The van der Waals surface area contributed by atoms with Crippen LogP contribution in [0.1, 0.15) is 36.1 Å². The fourth-order valence-electron chi connectivity index (χ4n) is 4.94. The summed E-state index contributed by atoms with van der Waals surface area (Å²) in [5.41, 5.74) is 3.02. The van der Waals surface area contributed by atoms with Crippen LogP contribution < -0.4 is 5.32 Å². The summed E-state index contributed by atoms with van der Waals surface area (Å²) in [6.07, 6.45) is 0.538. The van der Waals surface area contributed by atoms with Gasteiger partial charge in [-0.3, -0.25) is 9.59 Å². The van der Waals surface area contributed by atoms with Gasteiger partial charge >= 0.3 is 0 Å². The summed E-state index contributed by atoms with van der Waals surface area (Å²) in [7, 11) is 0. The van der Waals surface area contributed by atoms with Crippen LogP contribution in [0.2, 0.25) is 0 Å². The van der Waals surface area contributed by atoms with E-state index in [2.05, 4.69) is 31.6 Å². The lowest BCUT2D eigenvalue weighted by molar-refractivity contribution is -0.136. The average molecular weight is 624 g/mol. The third-order valence-electron chi connectivity index (χ3n) is 7.28. The van der Waals surface area contributed by atoms with Gasteiger partial charge in [0.15, 0.2) is 0 Å². The molecule has 8 nitrogen and oxygen atoms in total. The lowest BCUT2D eigenvalue weighted by atomic mass is 10.1. The van der Waals surface area contributed by atoms with Crippen molar-refractivity contribution in [2.24, 2.45) is 0 Å². The fraction of sp³-hybridized carbons (Fsp3) is 0.267. The van der Waals surface area contributed by atoms with Gasteiger partial charge in [-0.2, -0.15) is 0 Å². The molecule has 2 N–H and O–H groups in total. The summed E-state index contributed by atoms with van der Waals surface area (Å²) in [5.74, 6) is -2.07. The third-order valence-corrected chi connectivity index (χ3v) is 8.17. The van der Waals surface area contributed by atoms with Crippen molar-refractivity contribution >= 4 is 33.4 Å². The molecule has 0 aliphatic carbocycles. The van der Waals surface area contributed by atoms with Gasteiger partial charge in [0.25, 0.3) is 0 Å². The number of hydrogen-bond acceptors (Lipinski definition) is 5. The number of amides is 2. The lowest BCUT2D eigenvalue weighted by Gasteiger charge is -2.24. The number of hydrogen-bond donors (Lipinski definition) is 2. The molecule has 1 aromatic heterocycles. The van der Waals surface area contributed by atoms with Gasteiger partial charge in [0.1, 0.15) is 23.4 Å². The van der Waals surface area contributed by atoms with E-state index < -0.39 is 35.6 Å². The number of halogens is 3. The summed E-state index contributed by atoms with van der Waals surface area (Å²) in [5, 5.41) is 21.3. The lowest BCUT2D eigenvalue weighted by Crippen LogP contribution is -2.44. The molecule has 2 amide bonds. The first kappa shape index (κ1) is 28.6. The Hall–Kier alpha value is -3.96. The minimum absolute atomic E-state index is 0.0324. The van der Waals surface area contributed by atoms with Crippen molar-refractivity contribution in [1.82, 2.24) is 19.9 Å². The van der Waals surface area contributed by atoms with E-state index in [4.69, 9.17) is 0 Å². The summed E-state index contributed by atoms with van der Waals surface area (Å²) >= 11 is 3.50. The van der Waals surface area contributed by atoms with E-state index in [1.54, 1.807) is 16.9 Å². The van der Waals surface area contributed by atoms with Crippen molar-refractivity contribution in [3.8, 4) is 11.3 Å². The van der Waals surface area contributed by atoms with Crippen LogP contribution in [0.4, 0.5) is 14.5 Å². The maximum Gasteiger partial charge on any atom is 0.247 e. The number of likely N-dealkylation sites (tertiary alicyclic amines) is 1. The van der Waals surface area contributed by atoms with Crippen molar-refractivity contribution in [2.75, 3.05) is 11.9 Å². The van der Waals surface area contributed by atoms with Gasteiger partial charge in [-0.25, -0.2) is 13.5 Å². The van der Waals surface area contributed by atoms with E-state index in [0.717, 1.165) is 15.6 Å². The molecule has 2 unspecified atom stereocenters. The first-order valence-corrected chi connectivity index (χ1v) is 13.9. The minimum Gasteiger partial charge on any atom is -0.391 e. The Balaban J connectivity index is 1.32. The molecule has 1 fully saturated rings. The van der Waals surface area contributed by atoms with E-state index >= 15 is 0 Å². The molecule has 5 rings (SSSR count). The number of carbonyl (C=O) groups is 2. The summed E-state index contributed by atoms with van der Waals surface area (Å²) in [6, 6.07) is 14.9. The highest BCUT2D eigenvalue weighted by Crippen LogP contribution is 2.28. The molecule has 4 aromatic rings. The zero-order valence-corrected chi connectivity index (χ0v) is 24.0. The number of anilines is 1. The molecule has 212 valence electrons. The number of carbonyl (C=O) groups excluding carboxylic acids is 2. The van der Waals surface area contributed by atoms with Crippen molar-refractivity contribution in [1.29, 1.82) is 0 Å². The molecule has 41 heavy (non-hydrogen) atoms. The summed E-state index contributed by atoms with van der Waals surface area (Å²) in [4.78, 5) is 27.4. The maximum absolute atomic E-state index is 14.9. The Kier molecular flexibility index (Phi) is 8.27. The number of nitrogens with zero attached hydrogens (tertiary/aromatic N) is 4. The zero-order valence-electron chi connectivity index (χ0n) is 22.4. The third kappa shape index (κ3) is 6.20. The number of aryl methyl sites for hydroxylation is 1. The topological polar surface area (TPSA) is 100 Å². The first-order valence-electron chi connectivity index (χ1n) is 13.1. The van der Waals surface area contributed by atoms with E-state index in [1.807, 2.05) is 32.0 Å². The summed E-state index contributed by atoms with van der Waals surface area (Å²) < 4.78 is 31.6. The molecule has 0 spiro atoms. The number of β-amino-alcohol motifs (C(OH)–C–C–N with tert-alkyl or cyclic N) is 1. The van der Waals surface area contributed by atoms with Crippen LogP contribution in [0.15, 0.2) is 71.3 Å². The number of benzene rings is 3. The fourth-order valence-corrected chi connectivity index (χ4v) is 5.19. The highest BCUT2D eigenvalue weighted by molar-refractivity contribution is 9.10. The second kappa shape index (κ2) is 11.9. The number of aliphatic hydroxyl groups excluding tert-OH is 1. The van der Waals surface area contributed by atoms with Gasteiger partial charge in [0.05, 0.1) is 24.8 Å². The van der Waals surface area contributed by atoms with Crippen LogP contribution in [0, 0.1) is 18.6 Å². The van der Waals surface area contributed by atoms with Crippen molar-refractivity contribution in [2.45, 2.75) is 44.9 Å². The highest BCUT2D eigenvalue weighted by atomic mass is 79.9. The van der Waals surface area contributed by atoms with Crippen LogP contribution in [0.25, 0.3) is 11.3 Å². The number of aromatic nitrogens is 3. The standard InChI is InChI=1S/C30H28BrF2N5O3/c1-17-11-19(7-9-24(17)31)18(2)38-16-27(35-36-38)23-13-21(8-10-26(23)33)34-30(41)28-14-22(39)15-37(28)29(40)12-20-5-3-4-6-25(20)32/h3-11,13,16,18,22,28,39H,12,14-15H2,1-2H3,(H,34,41)/t18-,22?,28?/m0/s1. The predicted octanol–water partition coefficient (Wildman–Crippen LogP) is 5.05. The Morgan fingerprint density at radius 3 is 2.66 bits per heavy atom. The van der Waals surface area contributed by atoms with Gasteiger partial charge in [0.2, 0.25) is 11.8 Å². The van der Waals surface area contributed by atoms with E-state index in [-0.39, 0.29) is 42.2 Å². The largest absolute Gasteiger partial charge is 0.391 e. The molecule has 1 aliphatic rings. The van der Waals surface area contributed by atoms with Crippen molar-refractivity contribution in [3.05, 3.63) is 99.7 Å². The van der Waals surface area contributed by atoms with Gasteiger partial charge in [-0.05, 0) is 60.9 Å². The van der Waals surface area contributed by atoms with E-state index in [0.29, 0.717) is 5.69 Å². The van der Waals surface area contributed by atoms with Gasteiger partial charge in [-0.1, -0.05) is 51.5 Å². The van der Waals surface area contributed by atoms with E-state index in [1.165, 1.54) is 41.3 Å². The van der Waals surface area contributed by atoms with Crippen LogP contribution in [0.5, 0.6) is 0 Å². The Labute approximate surface area is 244 Å². The molecule has 0 bridgehead atoms. The molecule has 2 heterocycles. The predicted molar refractivity (Wildman–Crippen MR) is 153 cm³/mol. The first-order chi connectivity index (χ1) is 19.6. The normalized spacial score (nSPS) is 17.5. The number of aliphatic hydroxyl groups is 1. The monoisotopic (exact) mass is 623 g/mol. The van der Waals surface area contributed by atoms with Crippen LogP contribution >= 0.6 is 15.9 Å². The van der Waals surface area contributed by atoms with Gasteiger partial charge in [0, 0.05) is 28.7 Å². The molecule has 0 radical (unpaired) electrons. The Bertz CT molecular complexity index is 1610.